The smallest absolute Gasteiger partial charge is 0.137 e. The number of ketones is 1. The van der Waals surface area contributed by atoms with Crippen LogP contribution < -0.4 is 0 Å². The van der Waals surface area contributed by atoms with Gasteiger partial charge in [0.1, 0.15) is 5.78 Å². The average molecular weight is 278 g/mol. The third-order valence-electron chi connectivity index (χ3n) is 5.92. The lowest BCUT2D eigenvalue weighted by molar-refractivity contribution is -0.129. The molecule has 3 aliphatic rings. The maximum absolute atomic E-state index is 12.4. The maximum Gasteiger partial charge on any atom is 0.137 e. The summed E-state index contributed by atoms with van der Waals surface area (Å²) < 4.78 is 0. The number of piperazine rings is 1. The number of nitrogens with zero attached hydrogens (tertiary/aromatic N) is 2. The second-order valence-electron chi connectivity index (χ2n) is 7.69. The van der Waals surface area contributed by atoms with E-state index in [1.54, 1.807) is 0 Å². The van der Waals surface area contributed by atoms with Gasteiger partial charge in [-0.3, -0.25) is 14.6 Å². The minimum atomic E-state index is 0.293. The highest BCUT2D eigenvalue weighted by atomic mass is 16.1. The molecule has 0 aromatic rings. The van der Waals surface area contributed by atoms with Crippen LogP contribution in [-0.2, 0) is 4.79 Å². The largest absolute Gasteiger partial charge is 0.299 e. The number of hydrogen-bond donors (Lipinski definition) is 0. The molecule has 2 saturated heterocycles. The van der Waals surface area contributed by atoms with Gasteiger partial charge in [0, 0.05) is 44.1 Å². The van der Waals surface area contributed by atoms with Crippen LogP contribution in [0.15, 0.2) is 0 Å². The molecule has 0 bridgehead atoms. The second-order valence-corrected chi connectivity index (χ2v) is 7.69. The van der Waals surface area contributed by atoms with Gasteiger partial charge in [0.25, 0.3) is 0 Å². The van der Waals surface area contributed by atoms with Gasteiger partial charge < -0.3 is 0 Å². The van der Waals surface area contributed by atoms with Gasteiger partial charge in [0.05, 0.1) is 0 Å². The summed E-state index contributed by atoms with van der Waals surface area (Å²) in [5, 5.41) is 0. The van der Waals surface area contributed by atoms with E-state index in [1.165, 1.54) is 38.9 Å². The molecule has 0 spiro atoms. The van der Waals surface area contributed by atoms with Gasteiger partial charge in [0.15, 0.2) is 0 Å². The zero-order valence-electron chi connectivity index (χ0n) is 13.3. The molecule has 5 unspecified atom stereocenters. The first-order chi connectivity index (χ1) is 9.54. The predicted octanol–water partition coefficient (Wildman–Crippen LogP) is 2.41. The fourth-order valence-electron chi connectivity index (χ4n) is 4.73. The van der Waals surface area contributed by atoms with Crippen molar-refractivity contribution in [3.8, 4) is 0 Å². The average Bonchev–Trinajstić information content (AvgIpc) is 2.80. The van der Waals surface area contributed by atoms with Crippen molar-refractivity contribution in [2.24, 2.45) is 17.8 Å². The zero-order valence-corrected chi connectivity index (χ0v) is 13.3. The highest BCUT2D eigenvalue weighted by Crippen LogP contribution is 2.33. The van der Waals surface area contributed by atoms with Crippen LogP contribution in [0.25, 0.3) is 0 Å². The summed E-state index contributed by atoms with van der Waals surface area (Å²) >= 11 is 0. The van der Waals surface area contributed by atoms with E-state index in [2.05, 4.69) is 30.6 Å². The first kappa shape index (κ1) is 14.5. The van der Waals surface area contributed by atoms with Crippen LogP contribution in [-0.4, -0.2) is 53.8 Å². The number of rotatable bonds is 2. The molecule has 5 atom stereocenters. The van der Waals surface area contributed by atoms with Gasteiger partial charge in [-0.15, -0.1) is 0 Å². The van der Waals surface area contributed by atoms with Gasteiger partial charge >= 0.3 is 0 Å². The Morgan fingerprint density at radius 1 is 1.20 bits per heavy atom. The van der Waals surface area contributed by atoms with E-state index in [0.29, 0.717) is 29.6 Å². The molecule has 3 rings (SSSR count). The molecule has 0 aromatic carbocycles. The summed E-state index contributed by atoms with van der Waals surface area (Å²) in [6.07, 6.45) is 4.76. The van der Waals surface area contributed by atoms with E-state index in [0.717, 1.165) is 19.0 Å². The van der Waals surface area contributed by atoms with Crippen molar-refractivity contribution in [2.75, 3.05) is 26.2 Å². The Labute approximate surface area is 123 Å². The molecule has 2 heterocycles. The van der Waals surface area contributed by atoms with Crippen LogP contribution in [0.2, 0.25) is 0 Å². The molecule has 3 nitrogen and oxygen atoms in total. The van der Waals surface area contributed by atoms with Crippen molar-refractivity contribution in [1.82, 2.24) is 9.80 Å². The zero-order chi connectivity index (χ0) is 14.3. The molecule has 1 aliphatic carbocycles. The summed E-state index contributed by atoms with van der Waals surface area (Å²) in [6.45, 7) is 11.6. The van der Waals surface area contributed by atoms with E-state index in [4.69, 9.17) is 0 Å². The molecule has 0 N–H and O–H groups in total. The van der Waals surface area contributed by atoms with Crippen molar-refractivity contribution >= 4 is 5.78 Å². The topological polar surface area (TPSA) is 23.6 Å². The van der Waals surface area contributed by atoms with Crippen LogP contribution in [0.4, 0.5) is 0 Å². The van der Waals surface area contributed by atoms with Crippen LogP contribution in [0, 0.1) is 17.8 Å². The first-order valence-electron chi connectivity index (χ1n) is 8.55. The van der Waals surface area contributed by atoms with E-state index in [-0.39, 0.29) is 0 Å². The normalized spacial score (nSPS) is 43.8. The van der Waals surface area contributed by atoms with Gasteiger partial charge in [-0.1, -0.05) is 13.8 Å². The van der Waals surface area contributed by atoms with Crippen molar-refractivity contribution in [2.45, 2.75) is 58.5 Å². The van der Waals surface area contributed by atoms with Gasteiger partial charge in [0.2, 0.25) is 0 Å². The van der Waals surface area contributed by atoms with Crippen LogP contribution in [0.1, 0.15) is 46.5 Å². The molecule has 114 valence electrons. The van der Waals surface area contributed by atoms with Crippen molar-refractivity contribution in [3.05, 3.63) is 0 Å². The fraction of sp³-hybridized carbons (Fsp3) is 0.941. The Kier molecular flexibility index (Phi) is 4.19. The summed E-state index contributed by atoms with van der Waals surface area (Å²) in [4.78, 5) is 17.7. The molecule has 0 amide bonds. The molecule has 1 saturated carbocycles. The number of carbonyl (C=O) groups is 1. The van der Waals surface area contributed by atoms with Crippen LogP contribution in [0.3, 0.4) is 0 Å². The van der Waals surface area contributed by atoms with Gasteiger partial charge in [-0.2, -0.15) is 0 Å². The van der Waals surface area contributed by atoms with E-state index < -0.39 is 0 Å². The van der Waals surface area contributed by atoms with Crippen LogP contribution >= 0.6 is 0 Å². The maximum atomic E-state index is 12.4. The fourth-order valence-corrected chi connectivity index (χ4v) is 4.73. The van der Waals surface area contributed by atoms with Gasteiger partial charge in [-0.25, -0.2) is 0 Å². The molecule has 3 heteroatoms. The third kappa shape index (κ3) is 2.80. The quantitative estimate of drug-likeness (QED) is 0.775. The molecule has 0 aromatic heterocycles. The van der Waals surface area contributed by atoms with Crippen molar-refractivity contribution in [3.63, 3.8) is 0 Å². The molecule has 3 fully saturated rings. The van der Waals surface area contributed by atoms with Gasteiger partial charge in [-0.05, 0) is 44.6 Å². The first-order valence-corrected chi connectivity index (χ1v) is 8.55. The highest BCUT2D eigenvalue weighted by Gasteiger charge is 2.38. The lowest BCUT2D eigenvalue weighted by atomic mass is 9.74. The standard InChI is InChI=1S/C17H30N2O/c1-12-7-13(2)16(17(20)8-12)11-19-10-15-5-4-6-18(15)9-14(19)3/h12-16H,4-11H2,1-3H3. The Bertz CT molecular complexity index is 370. The predicted molar refractivity (Wildman–Crippen MR) is 81.7 cm³/mol. The molecule has 2 aliphatic heterocycles. The summed E-state index contributed by atoms with van der Waals surface area (Å²) in [5.74, 6) is 1.98. The molecular formula is C17H30N2O. The summed E-state index contributed by atoms with van der Waals surface area (Å²) in [5.41, 5.74) is 0. The van der Waals surface area contributed by atoms with Crippen molar-refractivity contribution < 1.29 is 4.79 Å². The molecule has 0 radical (unpaired) electrons. The lowest BCUT2D eigenvalue weighted by Gasteiger charge is -2.45. The second kappa shape index (κ2) is 5.76. The SMILES string of the molecule is CC1CC(=O)C(CN2CC3CCCN3CC2C)C(C)C1. The van der Waals surface area contributed by atoms with E-state index in [1.807, 2.05) is 0 Å². The number of fused-ring (bicyclic) bond motifs is 1. The van der Waals surface area contributed by atoms with E-state index in [9.17, 15) is 4.79 Å². The molecular weight excluding hydrogens is 248 g/mol. The molecule has 20 heavy (non-hydrogen) atoms. The Balaban J connectivity index is 1.63. The summed E-state index contributed by atoms with van der Waals surface area (Å²) in [7, 11) is 0. The van der Waals surface area contributed by atoms with E-state index >= 15 is 0 Å². The summed E-state index contributed by atoms with van der Waals surface area (Å²) in [6, 6.07) is 1.38. The van der Waals surface area contributed by atoms with Crippen LogP contribution in [0.5, 0.6) is 0 Å². The number of carbonyl (C=O) groups excluding carboxylic acids is 1. The lowest BCUT2D eigenvalue weighted by Crippen LogP contribution is -2.57. The Morgan fingerprint density at radius 3 is 2.75 bits per heavy atom. The third-order valence-corrected chi connectivity index (χ3v) is 5.92. The monoisotopic (exact) mass is 278 g/mol. The Hall–Kier alpha value is -0.410. The highest BCUT2D eigenvalue weighted by molar-refractivity contribution is 5.82. The number of Topliss-reactive ketones (excluding diaryl/α,β-unsaturated/α-hetero) is 1. The minimum absolute atomic E-state index is 0.293. The number of hydrogen-bond acceptors (Lipinski definition) is 3. The minimum Gasteiger partial charge on any atom is -0.299 e. The van der Waals surface area contributed by atoms with Crippen molar-refractivity contribution in [1.29, 1.82) is 0 Å². The Morgan fingerprint density at radius 2 is 2.00 bits per heavy atom.